The largest absolute Gasteiger partial charge is 0.507 e. The molecule has 1 aliphatic heterocycles. The maximum atomic E-state index is 13.0. The molecule has 2 unspecified atom stereocenters. The fourth-order valence-corrected chi connectivity index (χ4v) is 4.74. The molecule has 2 atom stereocenters. The average Bonchev–Trinajstić information content (AvgIpc) is 2.77. The van der Waals surface area contributed by atoms with E-state index in [0.717, 1.165) is 6.07 Å². The van der Waals surface area contributed by atoms with Crippen LogP contribution in [-0.4, -0.2) is 51.1 Å². The van der Waals surface area contributed by atoms with E-state index in [1.807, 2.05) is 0 Å². The van der Waals surface area contributed by atoms with Crippen molar-refractivity contribution >= 4 is 30.4 Å². The Morgan fingerprint density at radius 3 is 2.75 bits per heavy atom. The van der Waals surface area contributed by atoms with Gasteiger partial charge in [-0.1, -0.05) is 23.7 Å². The van der Waals surface area contributed by atoms with Crippen molar-refractivity contribution in [3.8, 4) is 22.8 Å². The van der Waals surface area contributed by atoms with E-state index in [9.17, 15) is 29.4 Å². The lowest BCUT2D eigenvalue weighted by molar-refractivity contribution is 0.0544. The van der Waals surface area contributed by atoms with Crippen molar-refractivity contribution in [1.82, 2.24) is 4.90 Å². The summed E-state index contributed by atoms with van der Waals surface area (Å²) < 4.78 is 46.0. The topological polar surface area (TPSA) is 141 Å². The summed E-state index contributed by atoms with van der Waals surface area (Å²) in [5.74, 6) is -2.58. The number of benzene rings is 2. The summed E-state index contributed by atoms with van der Waals surface area (Å²) >= 11 is 6.24. The fourth-order valence-electron chi connectivity index (χ4n) is 3.95. The standard InChI is InChI=1S/C21H21ClNO8P/c1-23-7-6-12(18(10-23)31-32(27,28)29)19-14(24)8-15(25)20-16(26)9-17(30-21(19)20)11-4-2-3-5-13(11)22/h2-5,8-9,12,18,24-25H,6-7,10H2,1H3,(H2,27,28,29)/i1D2,8D. The molecule has 0 saturated carbocycles. The number of hydrogen-bond acceptors (Lipinski definition) is 7. The second kappa shape index (κ2) is 8.51. The Labute approximate surface area is 191 Å². The zero-order chi connectivity index (χ0) is 25.7. The first kappa shape index (κ1) is 19.1. The zero-order valence-corrected chi connectivity index (χ0v) is 18.1. The van der Waals surface area contributed by atoms with Crippen molar-refractivity contribution in [2.24, 2.45) is 0 Å². The van der Waals surface area contributed by atoms with Crippen molar-refractivity contribution in [1.29, 1.82) is 0 Å². The first-order valence-electron chi connectivity index (χ1n) is 11.1. The summed E-state index contributed by atoms with van der Waals surface area (Å²) in [4.78, 5) is 33.2. The number of aromatic hydroxyl groups is 2. The van der Waals surface area contributed by atoms with Crippen LogP contribution in [0, 0.1) is 0 Å². The van der Waals surface area contributed by atoms with Gasteiger partial charge in [-0.25, -0.2) is 4.57 Å². The molecule has 0 aliphatic carbocycles. The van der Waals surface area contributed by atoms with Gasteiger partial charge in [0, 0.05) is 38.4 Å². The lowest BCUT2D eigenvalue weighted by atomic mass is 9.85. The molecular weight excluding hydrogens is 461 g/mol. The number of phosphoric acid groups is 1. The molecule has 1 saturated heterocycles. The van der Waals surface area contributed by atoms with Gasteiger partial charge in [0.25, 0.3) is 0 Å². The van der Waals surface area contributed by atoms with Crippen LogP contribution < -0.4 is 5.43 Å². The predicted molar refractivity (Wildman–Crippen MR) is 118 cm³/mol. The molecule has 1 aliphatic rings. The van der Waals surface area contributed by atoms with Crippen molar-refractivity contribution < 1.29 is 37.6 Å². The van der Waals surface area contributed by atoms with Crippen LogP contribution in [0.5, 0.6) is 11.5 Å². The number of phenols is 2. The lowest BCUT2D eigenvalue weighted by Gasteiger charge is -2.36. The van der Waals surface area contributed by atoms with Crippen LogP contribution in [0.4, 0.5) is 0 Å². The van der Waals surface area contributed by atoms with Crippen LogP contribution in [0.3, 0.4) is 0 Å². The number of phosphoric ester groups is 1. The SMILES string of the molecule is [2H]c1c(O)c(C2CCN(C([2H])[2H])CC2OP(=O)(O)O)c2oc(-c3ccccc3Cl)cc(=O)c2c1O. The molecule has 11 heteroatoms. The molecule has 170 valence electrons. The molecule has 4 N–H and O–H groups in total. The van der Waals surface area contributed by atoms with Crippen LogP contribution in [0.2, 0.25) is 5.02 Å². The Kier molecular flexibility index (Phi) is 5.09. The van der Waals surface area contributed by atoms with E-state index < -0.39 is 55.2 Å². The molecule has 4 rings (SSSR count). The summed E-state index contributed by atoms with van der Waals surface area (Å²) in [6, 6.07) is 6.81. The predicted octanol–water partition coefficient (Wildman–Crippen LogP) is 3.42. The van der Waals surface area contributed by atoms with E-state index in [2.05, 4.69) is 0 Å². The third-order valence-electron chi connectivity index (χ3n) is 5.29. The smallest absolute Gasteiger partial charge is 0.469 e. The van der Waals surface area contributed by atoms with E-state index in [-0.39, 0.29) is 41.4 Å². The Morgan fingerprint density at radius 2 is 2.06 bits per heavy atom. The molecule has 0 amide bonds. The maximum absolute atomic E-state index is 13.0. The van der Waals surface area contributed by atoms with E-state index >= 15 is 0 Å². The molecule has 1 aromatic heterocycles. The van der Waals surface area contributed by atoms with Gasteiger partial charge in [0.15, 0.2) is 5.43 Å². The van der Waals surface area contributed by atoms with Crippen LogP contribution in [0.1, 0.15) is 22.0 Å². The van der Waals surface area contributed by atoms with Crippen LogP contribution in [0.15, 0.2) is 45.6 Å². The molecule has 2 heterocycles. The van der Waals surface area contributed by atoms with Crippen LogP contribution in [-0.2, 0) is 9.09 Å². The number of phenolic OH excluding ortho intramolecular Hbond substituents is 2. The quantitative estimate of drug-likeness (QED) is 0.410. The molecule has 3 aromatic rings. The summed E-state index contributed by atoms with van der Waals surface area (Å²) in [6.07, 6.45) is -1.30. The highest BCUT2D eigenvalue weighted by atomic mass is 35.5. The number of hydrogen-bond donors (Lipinski definition) is 4. The van der Waals surface area contributed by atoms with Gasteiger partial charge in [-0.3, -0.25) is 9.32 Å². The van der Waals surface area contributed by atoms with Gasteiger partial charge in [-0.15, -0.1) is 0 Å². The summed E-state index contributed by atoms with van der Waals surface area (Å²) in [7, 11) is -5.06. The molecule has 9 nitrogen and oxygen atoms in total. The Balaban J connectivity index is 1.99. The third-order valence-corrected chi connectivity index (χ3v) is 6.17. The van der Waals surface area contributed by atoms with Gasteiger partial charge >= 0.3 is 7.82 Å². The van der Waals surface area contributed by atoms with Crippen molar-refractivity contribution in [2.45, 2.75) is 18.4 Å². The second-order valence-corrected chi connectivity index (χ2v) is 9.02. The van der Waals surface area contributed by atoms with Crippen molar-refractivity contribution in [3.63, 3.8) is 0 Å². The minimum absolute atomic E-state index is 0.00755. The first-order valence-corrected chi connectivity index (χ1v) is 11.4. The second-order valence-electron chi connectivity index (χ2n) is 7.42. The minimum Gasteiger partial charge on any atom is -0.507 e. The molecule has 0 radical (unpaired) electrons. The summed E-state index contributed by atoms with van der Waals surface area (Å²) in [5.41, 5.74) is -0.823. The zero-order valence-electron chi connectivity index (χ0n) is 19.4. The Bertz CT molecular complexity index is 1400. The number of likely N-dealkylation sites (tertiary alicyclic amines) is 1. The van der Waals surface area contributed by atoms with Crippen molar-refractivity contribution in [2.75, 3.05) is 20.1 Å². The maximum Gasteiger partial charge on any atom is 0.469 e. The van der Waals surface area contributed by atoms with Gasteiger partial charge in [0.1, 0.15) is 28.2 Å². The van der Waals surface area contributed by atoms with Crippen molar-refractivity contribution in [3.05, 3.63) is 57.2 Å². The minimum atomic E-state index is -5.06. The van der Waals surface area contributed by atoms with E-state index in [4.69, 9.17) is 24.7 Å². The normalized spacial score (nSPS) is 21.4. The summed E-state index contributed by atoms with van der Waals surface area (Å²) in [6.45, 7) is -1.58. The Morgan fingerprint density at radius 1 is 1.31 bits per heavy atom. The number of likely N-dealkylation sites (N-methyl/N-ethyl adjacent to an activating group) is 1. The first-order chi connectivity index (χ1) is 16.4. The van der Waals surface area contributed by atoms with Crippen LogP contribution in [0.25, 0.3) is 22.3 Å². The number of halogens is 1. The molecular formula is C21H21ClNO8P. The molecule has 0 bridgehead atoms. The summed E-state index contributed by atoms with van der Waals surface area (Å²) in [5, 5.41) is 21.2. The highest BCUT2D eigenvalue weighted by Gasteiger charge is 2.38. The lowest BCUT2D eigenvalue weighted by Crippen LogP contribution is -2.41. The number of rotatable bonds is 4. The Hall–Kier alpha value is -2.39. The monoisotopic (exact) mass is 484 g/mol. The van der Waals surface area contributed by atoms with Gasteiger partial charge in [0.05, 0.1) is 12.5 Å². The number of piperidine rings is 1. The van der Waals surface area contributed by atoms with E-state index in [1.165, 1.54) is 4.90 Å². The molecule has 2 aromatic carbocycles. The van der Waals surface area contributed by atoms with E-state index in [0.29, 0.717) is 5.56 Å². The molecule has 1 fully saturated rings. The van der Waals surface area contributed by atoms with Crippen LogP contribution >= 0.6 is 19.4 Å². The highest BCUT2D eigenvalue weighted by molar-refractivity contribution is 7.46. The van der Waals surface area contributed by atoms with Gasteiger partial charge in [-0.05, 0) is 32.1 Å². The van der Waals surface area contributed by atoms with Gasteiger partial charge in [0.2, 0.25) is 0 Å². The highest BCUT2D eigenvalue weighted by Crippen LogP contribution is 2.47. The van der Waals surface area contributed by atoms with E-state index in [1.54, 1.807) is 24.3 Å². The fraction of sp³-hybridized carbons (Fsp3) is 0.286. The van der Waals surface area contributed by atoms with Gasteiger partial charge < -0.3 is 29.3 Å². The number of nitrogens with zero attached hydrogens (tertiary/aromatic N) is 1. The van der Waals surface area contributed by atoms with Gasteiger partial charge in [-0.2, -0.15) is 0 Å². The number of fused-ring (bicyclic) bond motifs is 1. The molecule has 32 heavy (non-hydrogen) atoms. The molecule has 0 spiro atoms. The average molecular weight is 485 g/mol. The third kappa shape index (κ3) is 4.41.